The molecule has 0 aliphatic carbocycles. The summed E-state index contributed by atoms with van der Waals surface area (Å²) >= 11 is 0. The molecule has 0 bridgehead atoms. The fraction of sp³-hybridized carbons (Fsp3) is 0.250. The van der Waals surface area contributed by atoms with Crippen molar-refractivity contribution in [3.05, 3.63) is 83.2 Å². The number of nitrogens with zero attached hydrogens (tertiary/aromatic N) is 3. The van der Waals surface area contributed by atoms with E-state index in [1.807, 2.05) is 0 Å². The summed E-state index contributed by atoms with van der Waals surface area (Å²) in [4.78, 5) is 40.4. The molecule has 3 aromatic rings. The van der Waals surface area contributed by atoms with Crippen LogP contribution >= 0.6 is 0 Å². The monoisotopic (exact) mass is 468 g/mol. The maximum Gasteiger partial charge on any atom is 0.358 e. The summed E-state index contributed by atoms with van der Waals surface area (Å²) in [5.74, 6) is -2.67. The van der Waals surface area contributed by atoms with Crippen LogP contribution in [0.2, 0.25) is 0 Å². The Bertz CT molecular complexity index is 1240. The number of ether oxygens (including phenoxy) is 1. The molecule has 1 aliphatic rings. The molecule has 1 atom stereocenters. The highest BCUT2D eigenvalue weighted by Gasteiger charge is 2.49. The van der Waals surface area contributed by atoms with Crippen molar-refractivity contribution in [3.63, 3.8) is 0 Å². The van der Waals surface area contributed by atoms with E-state index >= 15 is 0 Å². The topological polar surface area (TPSA) is 93.5 Å². The summed E-state index contributed by atoms with van der Waals surface area (Å²) in [7, 11) is 0. The Labute approximate surface area is 194 Å². The SMILES string of the molecule is CCOC(=O)c1cc2n(n1)C[C@](C)(C(=O)NCc1ccc(F)cc1)N(c1ccc(F)cc1)C2=O. The molecule has 1 aromatic heterocycles. The lowest BCUT2D eigenvalue weighted by molar-refractivity contribution is -0.126. The van der Waals surface area contributed by atoms with Gasteiger partial charge in [-0.2, -0.15) is 5.10 Å². The summed E-state index contributed by atoms with van der Waals surface area (Å²) in [6, 6.07) is 12.1. The van der Waals surface area contributed by atoms with Crippen molar-refractivity contribution in [1.29, 1.82) is 0 Å². The summed E-state index contributed by atoms with van der Waals surface area (Å²) < 4.78 is 33.0. The molecule has 0 saturated heterocycles. The molecule has 1 aliphatic heterocycles. The number of carbonyl (C=O) groups excluding carboxylic acids is 3. The van der Waals surface area contributed by atoms with Crippen LogP contribution in [0.3, 0.4) is 0 Å². The Kier molecular flexibility index (Phi) is 6.14. The minimum absolute atomic E-state index is 0.0553. The van der Waals surface area contributed by atoms with Gasteiger partial charge in [0.1, 0.15) is 22.9 Å². The predicted octanol–water partition coefficient (Wildman–Crippen LogP) is 3.07. The molecule has 1 N–H and O–H groups in total. The largest absolute Gasteiger partial charge is 0.461 e. The van der Waals surface area contributed by atoms with Gasteiger partial charge in [0.25, 0.3) is 5.91 Å². The fourth-order valence-corrected chi connectivity index (χ4v) is 3.86. The molecule has 4 rings (SSSR count). The number of hydrogen-bond acceptors (Lipinski definition) is 5. The number of fused-ring (bicyclic) bond motifs is 1. The van der Waals surface area contributed by atoms with Gasteiger partial charge in [-0.05, 0) is 55.8 Å². The molecule has 176 valence electrons. The van der Waals surface area contributed by atoms with Crippen molar-refractivity contribution in [3.8, 4) is 0 Å². The zero-order valence-corrected chi connectivity index (χ0v) is 18.5. The smallest absolute Gasteiger partial charge is 0.358 e. The molecule has 0 spiro atoms. The Balaban J connectivity index is 1.70. The van der Waals surface area contributed by atoms with E-state index in [1.165, 1.54) is 52.0 Å². The lowest BCUT2D eigenvalue weighted by Crippen LogP contribution is -2.64. The highest BCUT2D eigenvalue weighted by Crippen LogP contribution is 2.33. The zero-order valence-electron chi connectivity index (χ0n) is 18.5. The normalized spacial score (nSPS) is 17.3. The third kappa shape index (κ3) is 4.26. The van der Waals surface area contributed by atoms with E-state index in [4.69, 9.17) is 4.74 Å². The highest BCUT2D eigenvalue weighted by molar-refractivity contribution is 6.12. The summed E-state index contributed by atoms with van der Waals surface area (Å²) in [5.41, 5.74) is -0.467. The van der Waals surface area contributed by atoms with Gasteiger partial charge in [-0.1, -0.05) is 12.1 Å². The van der Waals surface area contributed by atoms with E-state index in [1.54, 1.807) is 26.0 Å². The number of rotatable bonds is 6. The van der Waals surface area contributed by atoms with Gasteiger partial charge in [0.05, 0.1) is 13.2 Å². The maximum absolute atomic E-state index is 13.6. The van der Waals surface area contributed by atoms with Crippen LogP contribution in [0.15, 0.2) is 54.6 Å². The van der Waals surface area contributed by atoms with Crippen molar-refractivity contribution in [1.82, 2.24) is 15.1 Å². The van der Waals surface area contributed by atoms with Crippen LogP contribution in [0.4, 0.5) is 14.5 Å². The first kappa shape index (κ1) is 23.1. The van der Waals surface area contributed by atoms with Crippen molar-refractivity contribution < 1.29 is 27.9 Å². The van der Waals surface area contributed by atoms with Crippen LogP contribution in [0, 0.1) is 11.6 Å². The number of carbonyl (C=O) groups is 3. The van der Waals surface area contributed by atoms with Crippen molar-refractivity contribution in [2.24, 2.45) is 0 Å². The third-order valence-corrected chi connectivity index (χ3v) is 5.58. The summed E-state index contributed by atoms with van der Waals surface area (Å²) in [6.45, 7) is 3.38. The first-order chi connectivity index (χ1) is 16.2. The molecule has 10 heteroatoms. The Morgan fingerprint density at radius 1 is 1.09 bits per heavy atom. The quantitative estimate of drug-likeness (QED) is 0.562. The maximum atomic E-state index is 13.6. The Hall–Kier alpha value is -4.08. The molecule has 2 amide bonds. The van der Waals surface area contributed by atoms with Crippen LogP contribution < -0.4 is 10.2 Å². The summed E-state index contributed by atoms with van der Waals surface area (Å²) in [5, 5.41) is 6.96. The van der Waals surface area contributed by atoms with E-state index in [-0.39, 0.29) is 31.1 Å². The molecule has 0 saturated carbocycles. The van der Waals surface area contributed by atoms with Gasteiger partial charge in [-0.25, -0.2) is 13.6 Å². The first-order valence-corrected chi connectivity index (χ1v) is 10.6. The number of nitrogens with one attached hydrogen (secondary N) is 1. The van der Waals surface area contributed by atoms with E-state index < -0.39 is 35.0 Å². The van der Waals surface area contributed by atoms with E-state index in [0.717, 1.165) is 0 Å². The van der Waals surface area contributed by atoms with Gasteiger partial charge >= 0.3 is 5.97 Å². The average molecular weight is 468 g/mol. The van der Waals surface area contributed by atoms with E-state index in [9.17, 15) is 23.2 Å². The number of halogens is 2. The highest BCUT2D eigenvalue weighted by atomic mass is 19.1. The second-order valence-corrected chi connectivity index (χ2v) is 7.99. The molecule has 0 unspecified atom stereocenters. The van der Waals surface area contributed by atoms with E-state index in [0.29, 0.717) is 11.3 Å². The minimum Gasteiger partial charge on any atom is -0.461 e. The van der Waals surface area contributed by atoms with Crippen LogP contribution in [-0.2, 0) is 22.6 Å². The van der Waals surface area contributed by atoms with Crippen molar-refractivity contribution >= 4 is 23.5 Å². The number of hydrogen-bond donors (Lipinski definition) is 1. The molecule has 0 radical (unpaired) electrons. The van der Waals surface area contributed by atoms with Gasteiger partial charge in [0.2, 0.25) is 5.91 Å². The number of benzene rings is 2. The standard InChI is InChI=1S/C24H22F2N4O4/c1-3-34-22(32)19-12-20-21(31)30(18-10-8-17(26)9-11-18)24(2,14-29(20)28-19)23(33)27-13-15-4-6-16(25)7-5-15/h4-12H,3,13-14H2,1-2H3,(H,27,33)/t24-/m1/s1. The third-order valence-electron chi connectivity index (χ3n) is 5.58. The van der Waals surface area contributed by atoms with Gasteiger partial charge in [0.15, 0.2) is 5.69 Å². The zero-order chi connectivity index (χ0) is 24.5. The van der Waals surface area contributed by atoms with Gasteiger partial charge in [0, 0.05) is 18.3 Å². The summed E-state index contributed by atoms with van der Waals surface area (Å²) in [6.07, 6.45) is 0. The van der Waals surface area contributed by atoms with Crippen molar-refractivity contribution in [2.45, 2.75) is 32.5 Å². The molecular weight excluding hydrogens is 446 g/mol. The molecular formula is C24H22F2N4O4. The molecule has 2 aromatic carbocycles. The number of esters is 1. The Morgan fingerprint density at radius 3 is 2.32 bits per heavy atom. The van der Waals surface area contributed by atoms with Crippen LogP contribution in [-0.4, -0.2) is 39.7 Å². The fourth-order valence-electron chi connectivity index (χ4n) is 3.86. The minimum atomic E-state index is -1.47. The molecule has 0 fully saturated rings. The molecule has 8 nitrogen and oxygen atoms in total. The predicted molar refractivity (Wildman–Crippen MR) is 118 cm³/mol. The van der Waals surface area contributed by atoms with Gasteiger partial charge in [-0.3, -0.25) is 19.2 Å². The second-order valence-electron chi connectivity index (χ2n) is 7.99. The van der Waals surface area contributed by atoms with E-state index in [2.05, 4.69) is 10.4 Å². The number of aromatic nitrogens is 2. The molecule has 2 heterocycles. The first-order valence-electron chi connectivity index (χ1n) is 10.6. The Morgan fingerprint density at radius 2 is 1.71 bits per heavy atom. The van der Waals surface area contributed by atoms with Crippen molar-refractivity contribution in [2.75, 3.05) is 11.5 Å². The van der Waals surface area contributed by atoms with Gasteiger partial charge in [-0.15, -0.1) is 0 Å². The second kappa shape index (κ2) is 9.05. The lowest BCUT2D eigenvalue weighted by atomic mass is 9.94. The molecule has 34 heavy (non-hydrogen) atoms. The average Bonchev–Trinajstić information content (AvgIpc) is 3.24. The van der Waals surface area contributed by atoms with Gasteiger partial charge < -0.3 is 10.1 Å². The van der Waals surface area contributed by atoms with Crippen LogP contribution in [0.5, 0.6) is 0 Å². The van der Waals surface area contributed by atoms with Crippen LogP contribution in [0.1, 0.15) is 40.4 Å². The van der Waals surface area contributed by atoms with Crippen LogP contribution in [0.25, 0.3) is 0 Å². The number of anilines is 1. The lowest BCUT2D eigenvalue weighted by Gasteiger charge is -2.43. The number of amides is 2.